The van der Waals surface area contributed by atoms with Gasteiger partial charge in [-0.1, -0.05) is 11.6 Å². The van der Waals surface area contributed by atoms with Crippen molar-refractivity contribution < 1.29 is 13.5 Å². The predicted molar refractivity (Wildman–Crippen MR) is 53.1 cm³/mol. The summed E-state index contributed by atoms with van der Waals surface area (Å²) in [6.07, 6.45) is 0. The standard InChI is InChI=1S/C10H8ClF2NO/c1-6(14-2)8-5-7(11)3-4-9(8)15-10(12)13/h3-6,10H,1H3. The summed E-state index contributed by atoms with van der Waals surface area (Å²) in [5.41, 5.74) is 0.373. The van der Waals surface area contributed by atoms with Gasteiger partial charge in [0.2, 0.25) is 6.04 Å². The Labute approximate surface area is 91.2 Å². The van der Waals surface area contributed by atoms with Crippen LogP contribution in [0.3, 0.4) is 0 Å². The van der Waals surface area contributed by atoms with E-state index in [0.29, 0.717) is 10.6 Å². The van der Waals surface area contributed by atoms with E-state index >= 15 is 0 Å². The summed E-state index contributed by atoms with van der Waals surface area (Å²) in [6, 6.07) is 3.69. The van der Waals surface area contributed by atoms with Gasteiger partial charge in [0.1, 0.15) is 5.75 Å². The highest BCUT2D eigenvalue weighted by atomic mass is 35.5. The zero-order valence-corrected chi connectivity index (χ0v) is 8.63. The molecule has 1 unspecified atom stereocenters. The summed E-state index contributed by atoms with van der Waals surface area (Å²) in [5.74, 6) is -0.00194. The highest BCUT2D eigenvalue weighted by Crippen LogP contribution is 2.31. The van der Waals surface area contributed by atoms with Gasteiger partial charge in [0.15, 0.2) is 0 Å². The molecule has 2 nitrogen and oxygen atoms in total. The topological polar surface area (TPSA) is 13.6 Å². The van der Waals surface area contributed by atoms with Gasteiger partial charge in [-0.3, -0.25) is 0 Å². The molecule has 0 aromatic heterocycles. The van der Waals surface area contributed by atoms with Crippen molar-refractivity contribution in [3.63, 3.8) is 0 Å². The molecule has 0 aliphatic carbocycles. The molecule has 15 heavy (non-hydrogen) atoms. The van der Waals surface area contributed by atoms with E-state index in [9.17, 15) is 8.78 Å². The molecule has 5 heteroatoms. The van der Waals surface area contributed by atoms with Crippen molar-refractivity contribution in [2.75, 3.05) is 0 Å². The second-order valence-corrected chi connectivity index (χ2v) is 3.30. The molecule has 0 aliphatic heterocycles. The highest BCUT2D eigenvalue weighted by molar-refractivity contribution is 6.30. The molecule has 1 atom stereocenters. The van der Waals surface area contributed by atoms with Crippen LogP contribution in [-0.2, 0) is 0 Å². The maximum absolute atomic E-state index is 12.0. The van der Waals surface area contributed by atoms with Crippen LogP contribution in [0, 0.1) is 6.57 Å². The maximum atomic E-state index is 12.0. The quantitative estimate of drug-likeness (QED) is 0.719. The average molecular weight is 232 g/mol. The van der Waals surface area contributed by atoms with Crippen molar-refractivity contribution in [2.45, 2.75) is 19.6 Å². The Kier molecular flexibility index (Phi) is 3.87. The molecule has 0 amide bonds. The Balaban J connectivity index is 3.09. The van der Waals surface area contributed by atoms with Gasteiger partial charge >= 0.3 is 6.61 Å². The molecule has 0 saturated heterocycles. The fraction of sp³-hybridized carbons (Fsp3) is 0.300. The van der Waals surface area contributed by atoms with E-state index in [-0.39, 0.29) is 5.75 Å². The van der Waals surface area contributed by atoms with Gasteiger partial charge in [0.25, 0.3) is 0 Å². The fourth-order valence-corrected chi connectivity index (χ4v) is 1.30. The number of rotatable bonds is 3. The third kappa shape index (κ3) is 3.07. The molecule has 0 aliphatic rings. The lowest BCUT2D eigenvalue weighted by atomic mass is 10.1. The number of halogens is 3. The van der Waals surface area contributed by atoms with Crippen molar-refractivity contribution in [3.05, 3.63) is 40.2 Å². The van der Waals surface area contributed by atoms with Crippen LogP contribution in [0.4, 0.5) is 8.78 Å². The molecule has 0 N–H and O–H groups in total. The van der Waals surface area contributed by atoms with E-state index in [2.05, 4.69) is 9.58 Å². The fourth-order valence-electron chi connectivity index (χ4n) is 1.12. The first kappa shape index (κ1) is 11.7. The van der Waals surface area contributed by atoms with E-state index in [1.807, 2.05) is 0 Å². The Morgan fingerprint density at radius 1 is 1.47 bits per heavy atom. The van der Waals surface area contributed by atoms with Crippen molar-refractivity contribution in [3.8, 4) is 5.75 Å². The third-order valence-corrected chi connectivity index (χ3v) is 2.07. The maximum Gasteiger partial charge on any atom is 0.387 e. The van der Waals surface area contributed by atoms with Gasteiger partial charge in [-0.25, -0.2) is 6.57 Å². The lowest BCUT2D eigenvalue weighted by Crippen LogP contribution is -2.05. The Hall–Kier alpha value is -1.34. The number of ether oxygens (including phenoxy) is 1. The Bertz CT molecular complexity index is 389. The zero-order chi connectivity index (χ0) is 11.4. The Morgan fingerprint density at radius 2 is 2.13 bits per heavy atom. The molecule has 0 saturated carbocycles. The van der Waals surface area contributed by atoms with Gasteiger partial charge in [0.05, 0.1) is 5.56 Å². The van der Waals surface area contributed by atoms with Crippen molar-refractivity contribution >= 4 is 11.6 Å². The number of nitrogens with zero attached hydrogens (tertiary/aromatic N) is 1. The second kappa shape index (κ2) is 4.94. The average Bonchev–Trinajstić information content (AvgIpc) is 2.19. The van der Waals surface area contributed by atoms with Crippen molar-refractivity contribution in [1.82, 2.24) is 0 Å². The molecule has 0 bridgehead atoms. The van der Waals surface area contributed by atoms with Gasteiger partial charge in [-0.05, 0) is 18.2 Å². The molecule has 0 fully saturated rings. The molecule has 1 rings (SSSR count). The van der Waals surface area contributed by atoms with Crippen LogP contribution in [0.15, 0.2) is 18.2 Å². The first-order chi connectivity index (χ1) is 7.04. The number of hydrogen-bond acceptors (Lipinski definition) is 1. The van der Waals surface area contributed by atoms with Crippen molar-refractivity contribution in [1.29, 1.82) is 0 Å². The monoisotopic (exact) mass is 231 g/mol. The van der Waals surface area contributed by atoms with Crippen LogP contribution in [0.25, 0.3) is 4.85 Å². The largest absolute Gasteiger partial charge is 0.434 e. The van der Waals surface area contributed by atoms with E-state index < -0.39 is 12.7 Å². The van der Waals surface area contributed by atoms with E-state index in [1.165, 1.54) is 18.2 Å². The normalized spacial score (nSPS) is 12.3. The van der Waals surface area contributed by atoms with E-state index in [1.54, 1.807) is 6.92 Å². The van der Waals surface area contributed by atoms with Crippen LogP contribution >= 0.6 is 11.6 Å². The number of hydrogen-bond donors (Lipinski definition) is 0. The number of alkyl halides is 2. The molecular weight excluding hydrogens is 224 g/mol. The molecule has 80 valence electrons. The summed E-state index contributed by atoms with van der Waals surface area (Å²) in [6.45, 7) is 5.53. The number of benzene rings is 1. The summed E-state index contributed by atoms with van der Waals surface area (Å²) in [4.78, 5) is 3.23. The molecule has 0 radical (unpaired) electrons. The van der Waals surface area contributed by atoms with Gasteiger partial charge in [0, 0.05) is 11.9 Å². The minimum absolute atomic E-state index is 0.00194. The minimum Gasteiger partial charge on any atom is -0.434 e. The van der Waals surface area contributed by atoms with Crippen LogP contribution in [0.5, 0.6) is 5.75 Å². The molecule has 0 spiro atoms. The van der Waals surface area contributed by atoms with Gasteiger partial charge in [-0.15, -0.1) is 0 Å². The van der Waals surface area contributed by atoms with Crippen LogP contribution in [0.2, 0.25) is 5.02 Å². The first-order valence-corrected chi connectivity index (χ1v) is 4.53. The summed E-state index contributed by atoms with van der Waals surface area (Å²) >= 11 is 5.71. The third-order valence-electron chi connectivity index (χ3n) is 1.83. The minimum atomic E-state index is -2.90. The summed E-state index contributed by atoms with van der Waals surface area (Å²) in [7, 11) is 0. The van der Waals surface area contributed by atoms with E-state index in [4.69, 9.17) is 18.2 Å². The van der Waals surface area contributed by atoms with Crippen LogP contribution in [-0.4, -0.2) is 6.61 Å². The van der Waals surface area contributed by atoms with E-state index in [0.717, 1.165) is 0 Å². The van der Waals surface area contributed by atoms with Gasteiger partial charge in [-0.2, -0.15) is 8.78 Å². The van der Waals surface area contributed by atoms with Crippen LogP contribution < -0.4 is 4.74 Å². The first-order valence-electron chi connectivity index (χ1n) is 4.15. The lowest BCUT2D eigenvalue weighted by molar-refractivity contribution is -0.0505. The smallest absolute Gasteiger partial charge is 0.387 e. The molecular formula is C10H8ClF2NO. The summed E-state index contributed by atoms with van der Waals surface area (Å²) < 4.78 is 28.4. The Morgan fingerprint density at radius 3 is 2.67 bits per heavy atom. The van der Waals surface area contributed by atoms with Gasteiger partial charge < -0.3 is 9.58 Å². The molecule has 1 aromatic carbocycles. The predicted octanol–water partition coefficient (Wildman–Crippen LogP) is 3.92. The second-order valence-electron chi connectivity index (χ2n) is 2.87. The lowest BCUT2D eigenvalue weighted by Gasteiger charge is -2.10. The zero-order valence-electron chi connectivity index (χ0n) is 7.88. The SMILES string of the molecule is [C-]#[N+]C(C)c1cc(Cl)ccc1OC(F)F. The van der Waals surface area contributed by atoms with Crippen molar-refractivity contribution in [2.24, 2.45) is 0 Å². The highest BCUT2D eigenvalue weighted by Gasteiger charge is 2.18. The molecule has 1 aromatic rings. The molecule has 0 heterocycles. The van der Waals surface area contributed by atoms with Crippen LogP contribution in [0.1, 0.15) is 18.5 Å². The summed E-state index contributed by atoms with van der Waals surface area (Å²) in [5, 5.41) is 0.391.